The molecule has 0 fully saturated rings. The summed E-state index contributed by atoms with van der Waals surface area (Å²) in [5, 5.41) is 6.73. The standard InChI is InChI=1S/C25H37N3O4S/c1-16(15-25(3,4)5)13-20(29)26-19-10-8-9-18(14-19)22-21(23(30)32-12-11-31-7)17(2)28(6)24(33)27-22/h8-10,14,16,22H,11-13,15H2,1-7H3,(H,26,29)(H,27,33)/t16-,22+/m0/s1. The molecule has 1 amide bonds. The number of hydrogen-bond acceptors (Lipinski definition) is 5. The zero-order valence-corrected chi connectivity index (χ0v) is 21.6. The van der Waals surface area contributed by atoms with Crippen molar-refractivity contribution in [2.45, 2.75) is 53.5 Å². The molecule has 2 N–H and O–H groups in total. The Bertz CT molecular complexity index is 907. The molecule has 1 aromatic carbocycles. The van der Waals surface area contributed by atoms with Gasteiger partial charge in [-0.3, -0.25) is 4.79 Å². The molecule has 0 saturated carbocycles. The number of thiocarbonyl (C=S) groups is 1. The van der Waals surface area contributed by atoms with Crippen LogP contribution in [0, 0.1) is 11.3 Å². The van der Waals surface area contributed by atoms with E-state index in [1.54, 1.807) is 19.1 Å². The van der Waals surface area contributed by atoms with E-state index < -0.39 is 12.0 Å². The molecule has 0 saturated heterocycles. The molecule has 0 spiro atoms. The molecule has 0 aromatic heterocycles. The molecule has 182 valence electrons. The Morgan fingerprint density at radius 2 is 1.97 bits per heavy atom. The number of carbonyl (C=O) groups is 2. The van der Waals surface area contributed by atoms with Crippen LogP contribution in [0.15, 0.2) is 35.5 Å². The van der Waals surface area contributed by atoms with Gasteiger partial charge in [0.05, 0.1) is 18.2 Å². The zero-order chi connectivity index (χ0) is 24.8. The van der Waals surface area contributed by atoms with E-state index in [-0.39, 0.29) is 23.8 Å². The molecule has 0 radical (unpaired) electrons. The Hall–Kier alpha value is -2.45. The minimum atomic E-state index is -0.486. The molecule has 7 nitrogen and oxygen atoms in total. The average molecular weight is 476 g/mol. The summed E-state index contributed by atoms with van der Waals surface area (Å²) in [7, 11) is 3.36. The lowest BCUT2D eigenvalue weighted by molar-refractivity contribution is -0.140. The van der Waals surface area contributed by atoms with Gasteiger partial charge in [0.1, 0.15) is 6.61 Å². The predicted molar refractivity (Wildman–Crippen MR) is 135 cm³/mol. The Morgan fingerprint density at radius 3 is 2.61 bits per heavy atom. The summed E-state index contributed by atoms with van der Waals surface area (Å²) in [5.74, 6) is -0.177. The highest BCUT2D eigenvalue weighted by Crippen LogP contribution is 2.32. The summed E-state index contributed by atoms with van der Waals surface area (Å²) in [6.45, 7) is 11.0. The number of carbonyl (C=O) groups excluding carboxylic acids is 2. The molecule has 33 heavy (non-hydrogen) atoms. The minimum absolute atomic E-state index is 0.0262. The normalized spacial score (nSPS) is 17.5. The van der Waals surface area contributed by atoms with Crippen LogP contribution in [0.25, 0.3) is 0 Å². The Labute approximate surface area is 202 Å². The van der Waals surface area contributed by atoms with Gasteiger partial charge in [-0.05, 0) is 54.6 Å². The quantitative estimate of drug-likeness (QED) is 0.311. The second kappa shape index (κ2) is 11.6. The Kier molecular flexibility index (Phi) is 9.43. The average Bonchev–Trinajstić information content (AvgIpc) is 2.70. The lowest BCUT2D eigenvalue weighted by Crippen LogP contribution is -2.46. The Morgan fingerprint density at radius 1 is 1.27 bits per heavy atom. The first-order valence-corrected chi connectivity index (χ1v) is 11.6. The second-order valence-corrected chi connectivity index (χ2v) is 10.2. The number of nitrogens with one attached hydrogen (secondary N) is 2. The lowest BCUT2D eigenvalue weighted by Gasteiger charge is -2.35. The van der Waals surface area contributed by atoms with Gasteiger partial charge in [-0.25, -0.2) is 4.79 Å². The molecule has 0 aliphatic carbocycles. The molecule has 0 unspecified atom stereocenters. The van der Waals surface area contributed by atoms with Crippen LogP contribution in [0.5, 0.6) is 0 Å². The topological polar surface area (TPSA) is 79.9 Å². The van der Waals surface area contributed by atoms with Gasteiger partial charge >= 0.3 is 5.97 Å². The molecular weight excluding hydrogens is 438 g/mol. The molecule has 2 atom stereocenters. The van der Waals surface area contributed by atoms with E-state index >= 15 is 0 Å². The van der Waals surface area contributed by atoms with Crippen molar-refractivity contribution in [3.63, 3.8) is 0 Å². The van der Waals surface area contributed by atoms with E-state index in [1.807, 2.05) is 31.2 Å². The summed E-state index contributed by atoms with van der Waals surface area (Å²) >= 11 is 5.46. The van der Waals surface area contributed by atoms with Crippen LogP contribution in [-0.4, -0.2) is 49.3 Å². The maximum Gasteiger partial charge on any atom is 0.338 e. The van der Waals surface area contributed by atoms with Crippen LogP contribution in [0.3, 0.4) is 0 Å². The molecule has 1 aliphatic heterocycles. The van der Waals surface area contributed by atoms with Crippen molar-refractivity contribution in [1.29, 1.82) is 0 Å². The fourth-order valence-corrected chi connectivity index (χ4v) is 4.34. The van der Waals surface area contributed by atoms with E-state index in [2.05, 4.69) is 38.3 Å². The molecule has 1 aliphatic rings. The number of nitrogens with zero attached hydrogens (tertiary/aromatic N) is 1. The van der Waals surface area contributed by atoms with Crippen LogP contribution in [0.4, 0.5) is 5.69 Å². The van der Waals surface area contributed by atoms with Crippen molar-refractivity contribution in [2.75, 3.05) is 32.7 Å². The molecule has 8 heteroatoms. The first kappa shape index (κ1) is 26.8. The number of methoxy groups -OCH3 is 1. The maximum atomic E-state index is 12.9. The molecule has 2 rings (SSSR count). The van der Waals surface area contributed by atoms with E-state index in [9.17, 15) is 9.59 Å². The number of esters is 1. The maximum absolute atomic E-state index is 12.9. The SMILES string of the molecule is COCCOC(=O)C1=C(C)N(C)C(=S)N[C@@H]1c1cccc(NC(=O)C[C@H](C)CC(C)(C)C)c1. The van der Waals surface area contributed by atoms with Crippen molar-refractivity contribution in [3.05, 3.63) is 41.1 Å². The van der Waals surface area contributed by atoms with Gasteiger partial charge in [0.2, 0.25) is 5.91 Å². The first-order chi connectivity index (χ1) is 15.4. The highest BCUT2D eigenvalue weighted by atomic mass is 32.1. The van der Waals surface area contributed by atoms with E-state index in [0.717, 1.165) is 17.7 Å². The summed E-state index contributed by atoms with van der Waals surface area (Å²) in [6, 6.07) is 6.99. The predicted octanol–water partition coefficient (Wildman–Crippen LogP) is 4.41. The third-order valence-corrected chi connectivity index (χ3v) is 5.88. The number of anilines is 1. The van der Waals surface area contributed by atoms with E-state index in [0.29, 0.717) is 29.4 Å². The van der Waals surface area contributed by atoms with E-state index in [4.69, 9.17) is 21.7 Å². The van der Waals surface area contributed by atoms with Crippen molar-refractivity contribution in [1.82, 2.24) is 10.2 Å². The van der Waals surface area contributed by atoms with Crippen molar-refractivity contribution < 1.29 is 19.1 Å². The number of hydrogen-bond donors (Lipinski definition) is 2. The fourth-order valence-electron chi connectivity index (χ4n) is 4.09. The molecular formula is C25H37N3O4S. The number of rotatable bonds is 9. The third kappa shape index (κ3) is 7.82. The van der Waals surface area contributed by atoms with Crippen molar-refractivity contribution >= 4 is 34.9 Å². The van der Waals surface area contributed by atoms with Gasteiger partial charge < -0.3 is 25.0 Å². The lowest BCUT2D eigenvalue weighted by atomic mass is 9.84. The van der Waals surface area contributed by atoms with Crippen LogP contribution in [-0.2, 0) is 19.1 Å². The molecule has 1 heterocycles. The summed E-state index contributed by atoms with van der Waals surface area (Å²) in [6.07, 6.45) is 1.42. The van der Waals surface area contributed by atoms with Gasteiger partial charge in [0, 0.05) is 32.0 Å². The van der Waals surface area contributed by atoms with Crippen molar-refractivity contribution in [3.8, 4) is 0 Å². The summed E-state index contributed by atoms with van der Waals surface area (Å²) in [4.78, 5) is 27.3. The second-order valence-electron chi connectivity index (χ2n) is 9.82. The third-order valence-electron chi connectivity index (χ3n) is 5.49. The van der Waals surface area contributed by atoms with Gasteiger partial charge in [-0.15, -0.1) is 0 Å². The van der Waals surface area contributed by atoms with Crippen molar-refractivity contribution in [2.24, 2.45) is 11.3 Å². The van der Waals surface area contributed by atoms with Crippen LogP contribution in [0.2, 0.25) is 0 Å². The number of amides is 1. The number of benzene rings is 1. The van der Waals surface area contributed by atoms with Crippen LogP contribution < -0.4 is 10.6 Å². The number of ether oxygens (including phenoxy) is 2. The van der Waals surface area contributed by atoms with Crippen LogP contribution >= 0.6 is 12.2 Å². The summed E-state index contributed by atoms with van der Waals surface area (Å²) < 4.78 is 10.4. The smallest absolute Gasteiger partial charge is 0.338 e. The van der Waals surface area contributed by atoms with Gasteiger partial charge in [-0.2, -0.15) is 0 Å². The largest absolute Gasteiger partial charge is 0.460 e. The van der Waals surface area contributed by atoms with Gasteiger partial charge in [-0.1, -0.05) is 39.8 Å². The zero-order valence-electron chi connectivity index (χ0n) is 20.8. The van der Waals surface area contributed by atoms with Gasteiger partial charge in [0.25, 0.3) is 0 Å². The fraction of sp³-hybridized carbons (Fsp3) is 0.560. The molecule has 0 bridgehead atoms. The monoisotopic (exact) mass is 475 g/mol. The molecule has 1 aromatic rings. The summed E-state index contributed by atoms with van der Waals surface area (Å²) in [5.41, 5.74) is 2.86. The highest BCUT2D eigenvalue weighted by Gasteiger charge is 2.33. The van der Waals surface area contributed by atoms with E-state index in [1.165, 1.54) is 0 Å². The van der Waals surface area contributed by atoms with Crippen LogP contribution in [0.1, 0.15) is 59.1 Å². The Balaban J connectivity index is 2.22. The first-order valence-electron chi connectivity index (χ1n) is 11.2. The number of allylic oxidation sites excluding steroid dienone is 1. The highest BCUT2D eigenvalue weighted by molar-refractivity contribution is 7.80. The minimum Gasteiger partial charge on any atom is -0.460 e. The van der Waals surface area contributed by atoms with Gasteiger partial charge in [0.15, 0.2) is 5.11 Å².